The molecule has 2 unspecified atom stereocenters. The molecule has 0 aromatic carbocycles. The summed E-state index contributed by atoms with van der Waals surface area (Å²) in [6.45, 7) is 3.00. The molecule has 3 N–H and O–H groups in total. The molecule has 0 aromatic heterocycles. The van der Waals surface area contributed by atoms with Crippen LogP contribution >= 0.6 is 23.5 Å². The number of hydrogen-bond acceptors (Lipinski definition) is 4. The Balaban J connectivity index is 2.09. The molecule has 2 atom stereocenters. The lowest BCUT2D eigenvalue weighted by Gasteiger charge is -2.23. The highest BCUT2D eigenvalue weighted by atomic mass is 32.2. The van der Waals surface area contributed by atoms with E-state index in [-0.39, 0.29) is 11.9 Å². The zero-order valence-corrected chi connectivity index (χ0v) is 10.1. The van der Waals surface area contributed by atoms with Gasteiger partial charge in [0.1, 0.15) is 0 Å². The normalized spacial score (nSPS) is 24.5. The molecule has 1 aliphatic rings. The molecule has 1 aliphatic heterocycles. The standard InChI is InChI=1S/C9H18N2OS2/c1-7(4-9(10)12)11-5-8-6-13-2-3-14-8/h7-8,11H,2-6H2,1H3,(H2,10,12). The fraction of sp³-hybridized carbons (Fsp3) is 0.889. The van der Waals surface area contributed by atoms with Gasteiger partial charge >= 0.3 is 0 Å². The molecule has 0 radical (unpaired) electrons. The van der Waals surface area contributed by atoms with Gasteiger partial charge in [0.25, 0.3) is 0 Å². The quantitative estimate of drug-likeness (QED) is 0.735. The molecule has 0 aromatic rings. The van der Waals surface area contributed by atoms with Crippen LogP contribution in [-0.2, 0) is 4.79 Å². The number of hydrogen-bond donors (Lipinski definition) is 2. The van der Waals surface area contributed by atoms with Crippen molar-refractivity contribution in [1.82, 2.24) is 5.32 Å². The van der Waals surface area contributed by atoms with Gasteiger partial charge in [0.05, 0.1) is 0 Å². The highest BCUT2D eigenvalue weighted by Crippen LogP contribution is 2.23. The summed E-state index contributed by atoms with van der Waals surface area (Å²) in [7, 11) is 0. The molecular weight excluding hydrogens is 216 g/mol. The van der Waals surface area contributed by atoms with E-state index in [2.05, 4.69) is 5.32 Å². The van der Waals surface area contributed by atoms with E-state index in [0.29, 0.717) is 11.7 Å². The Morgan fingerprint density at radius 3 is 3.00 bits per heavy atom. The van der Waals surface area contributed by atoms with Crippen LogP contribution in [0.5, 0.6) is 0 Å². The molecule has 1 saturated heterocycles. The molecule has 0 spiro atoms. The fourth-order valence-electron chi connectivity index (χ4n) is 1.36. The maximum atomic E-state index is 10.6. The van der Waals surface area contributed by atoms with Crippen LogP contribution in [0.15, 0.2) is 0 Å². The van der Waals surface area contributed by atoms with Gasteiger partial charge in [0, 0.05) is 41.5 Å². The van der Waals surface area contributed by atoms with Gasteiger partial charge in [-0.1, -0.05) is 0 Å². The smallest absolute Gasteiger partial charge is 0.218 e. The summed E-state index contributed by atoms with van der Waals surface area (Å²) >= 11 is 4.04. The molecule has 0 saturated carbocycles. The Bertz CT molecular complexity index is 184. The van der Waals surface area contributed by atoms with Crippen molar-refractivity contribution in [1.29, 1.82) is 0 Å². The zero-order valence-electron chi connectivity index (χ0n) is 8.49. The molecule has 82 valence electrons. The molecule has 1 rings (SSSR count). The van der Waals surface area contributed by atoms with Gasteiger partial charge in [-0.2, -0.15) is 23.5 Å². The van der Waals surface area contributed by atoms with Crippen LogP contribution in [0.25, 0.3) is 0 Å². The second kappa shape index (κ2) is 6.58. The first-order chi connectivity index (χ1) is 6.68. The number of nitrogens with one attached hydrogen (secondary N) is 1. The number of primary amides is 1. The topological polar surface area (TPSA) is 55.1 Å². The molecule has 1 fully saturated rings. The van der Waals surface area contributed by atoms with Gasteiger partial charge in [0.2, 0.25) is 5.91 Å². The Morgan fingerprint density at radius 2 is 2.43 bits per heavy atom. The molecule has 1 amide bonds. The van der Waals surface area contributed by atoms with E-state index in [0.717, 1.165) is 6.54 Å². The van der Waals surface area contributed by atoms with Crippen molar-refractivity contribution >= 4 is 29.4 Å². The van der Waals surface area contributed by atoms with E-state index in [9.17, 15) is 4.79 Å². The van der Waals surface area contributed by atoms with Crippen molar-refractivity contribution in [3.05, 3.63) is 0 Å². The Hall–Kier alpha value is 0.130. The predicted octanol–water partition coefficient (Wildman–Crippen LogP) is 0.689. The molecule has 5 heteroatoms. The third-order valence-corrected chi connectivity index (χ3v) is 4.93. The van der Waals surface area contributed by atoms with Gasteiger partial charge in [-0.25, -0.2) is 0 Å². The first-order valence-electron chi connectivity index (χ1n) is 4.89. The summed E-state index contributed by atoms with van der Waals surface area (Å²) < 4.78 is 0. The second-order valence-electron chi connectivity index (χ2n) is 3.55. The van der Waals surface area contributed by atoms with Gasteiger partial charge in [-0.05, 0) is 6.92 Å². The van der Waals surface area contributed by atoms with Crippen molar-refractivity contribution in [3.63, 3.8) is 0 Å². The molecule has 0 aliphatic carbocycles. The first kappa shape index (κ1) is 12.2. The van der Waals surface area contributed by atoms with Gasteiger partial charge in [-0.15, -0.1) is 0 Å². The average molecular weight is 234 g/mol. The Labute approximate surface area is 94.0 Å². The highest BCUT2D eigenvalue weighted by Gasteiger charge is 2.15. The molecular formula is C9H18N2OS2. The second-order valence-corrected chi connectivity index (χ2v) is 6.11. The van der Waals surface area contributed by atoms with Crippen molar-refractivity contribution < 1.29 is 4.79 Å². The van der Waals surface area contributed by atoms with E-state index in [1.807, 2.05) is 30.4 Å². The fourth-order valence-corrected chi connectivity index (χ4v) is 3.99. The number of carbonyl (C=O) groups is 1. The van der Waals surface area contributed by atoms with E-state index >= 15 is 0 Å². The molecule has 14 heavy (non-hydrogen) atoms. The number of thioether (sulfide) groups is 2. The summed E-state index contributed by atoms with van der Waals surface area (Å²) in [5.41, 5.74) is 5.11. The summed E-state index contributed by atoms with van der Waals surface area (Å²) in [5, 5.41) is 4.05. The maximum Gasteiger partial charge on any atom is 0.218 e. The zero-order chi connectivity index (χ0) is 10.4. The van der Waals surface area contributed by atoms with Crippen molar-refractivity contribution in [2.45, 2.75) is 24.6 Å². The minimum Gasteiger partial charge on any atom is -0.370 e. The van der Waals surface area contributed by atoms with Crippen LogP contribution in [0.2, 0.25) is 0 Å². The lowest BCUT2D eigenvalue weighted by molar-refractivity contribution is -0.118. The summed E-state index contributed by atoms with van der Waals surface area (Å²) in [4.78, 5) is 10.6. The predicted molar refractivity (Wildman–Crippen MR) is 64.8 cm³/mol. The largest absolute Gasteiger partial charge is 0.370 e. The van der Waals surface area contributed by atoms with E-state index in [1.54, 1.807) is 0 Å². The van der Waals surface area contributed by atoms with Gasteiger partial charge < -0.3 is 11.1 Å². The minimum absolute atomic E-state index is 0.208. The lowest BCUT2D eigenvalue weighted by Crippen LogP contribution is -2.37. The maximum absolute atomic E-state index is 10.6. The molecule has 0 bridgehead atoms. The molecule has 1 heterocycles. The first-order valence-corrected chi connectivity index (χ1v) is 7.10. The van der Waals surface area contributed by atoms with Gasteiger partial charge in [0.15, 0.2) is 0 Å². The van der Waals surface area contributed by atoms with Crippen molar-refractivity contribution in [2.24, 2.45) is 5.73 Å². The number of carbonyl (C=O) groups excluding carboxylic acids is 1. The summed E-state index contributed by atoms with van der Waals surface area (Å²) in [6, 6.07) is 0.208. The number of rotatable bonds is 5. The van der Waals surface area contributed by atoms with E-state index < -0.39 is 0 Å². The van der Waals surface area contributed by atoms with Crippen LogP contribution in [0.3, 0.4) is 0 Å². The minimum atomic E-state index is -0.226. The van der Waals surface area contributed by atoms with Gasteiger partial charge in [-0.3, -0.25) is 4.79 Å². The summed E-state index contributed by atoms with van der Waals surface area (Å²) in [6.07, 6.45) is 0.435. The molecule has 3 nitrogen and oxygen atoms in total. The van der Waals surface area contributed by atoms with E-state index in [4.69, 9.17) is 5.73 Å². The Kier molecular flexibility index (Phi) is 5.74. The van der Waals surface area contributed by atoms with Crippen LogP contribution in [0.4, 0.5) is 0 Å². The van der Waals surface area contributed by atoms with Crippen LogP contribution < -0.4 is 11.1 Å². The summed E-state index contributed by atoms with van der Waals surface area (Å²) in [5.74, 6) is 3.52. The third kappa shape index (κ3) is 5.12. The highest BCUT2D eigenvalue weighted by molar-refractivity contribution is 8.06. The Morgan fingerprint density at radius 1 is 1.64 bits per heavy atom. The SMILES string of the molecule is CC(CC(N)=O)NCC1CSCCS1. The van der Waals surface area contributed by atoms with Crippen molar-refractivity contribution in [2.75, 3.05) is 23.8 Å². The van der Waals surface area contributed by atoms with Crippen LogP contribution in [0, 0.1) is 0 Å². The lowest BCUT2D eigenvalue weighted by atomic mass is 10.2. The van der Waals surface area contributed by atoms with Crippen LogP contribution in [0.1, 0.15) is 13.3 Å². The van der Waals surface area contributed by atoms with Crippen molar-refractivity contribution in [3.8, 4) is 0 Å². The monoisotopic (exact) mass is 234 g/mol. The van der Waals surface area contributed by atoms with E-state index in [1.165, 1.54) is 17.3 Å². The number of nitrogens with two attached hydrogens (primary N) is 1. The average Bonchev–Trinajstić information content (AvgIpc) is 2.15. The number of amides is 1. The third-order valence-electron chi connectivity index (χ3n) is 2.09. The van der Waals surface area contributed by atoms with Crippen LogP contribution in [-0.4, -0.2) is 41.0 Å².